The molecule has 0 heterocycles. The van der Waals surface area contributed by atoms with Crippen molar-refractivity contribution in [2.75, 3.05) is 13.6 Å². The molecule has 1 amide bonds. The average Bonchev–Trinajstić information content (AvgIpc) is 1.98. The Morgan fingerprint density at radius 1 is 1.33 bits per heavy atom. The molecule has 0 radical (unpaired) electrons. The van der Waals surface area contributed by atoms with Gasteiger partial charge >= 0.3 is 0 Å². The van der Waals surface area contributed by atoms with Crippen LogP contribution in [0.25, 0.3) is 0 Å². The predicted octanol–water partition coefficient (Wildman–Crippen LogP) is 1.08. The molecule has 0 spiro atoms. The van der Waals surface area contributed by atoms with Crippen molar-refractivity contribution in [1.29, 1.82) is 0 Å². The third-order valence-electron chi connectivity index (χ3n) is 1.69. The summed E-state index contributed by atoms with van der Waals surface area (Å²) in [5, 5.41) is 0. The molecule has 0 bridgehead atoms. The molecule has 0 rings (SSSR count). The monoisotopic (exact) mass is 171 g/mol. The summed E-state index contributed by atoms with van der Waals surface area (Å²) in [6.45, 7) is 6.14. The van der Waals surface area contributed by atoms with Crippen molar-refractivity contribution in [3.05, 3.63) is 0 Å². The lowest BCUT2D eigenvalue weighted by molar-refractivity contribution is -0.142. The molecule has 0 aliphatic heterocycles. The molecule has 3 nitrogen and oxygen atoms in total. The van der Waals surface area contributed by atoms with Crippen molar-refractivity contribution in [3.8, 4) is 0 Å². The zero-order valence-electron chi connectivity index (χ0n) is 8.26. The lowest BCUT2D eigenvalue weighted by Crippen LogP contribution is -2.33. The summed E-state index contributed by atoms with van der Waals surface area (Å²) in [6.07, 6.45) is 0.940. The Labute approximate surface area is 73.7 Å². The third-order valence-corrected chi connectivity index (χ3v) is 1.69. The molecule has 12 heavy (non-hydrogen) atoms. The van der Waals surface area contributed by atoms with Crippen LogP contribution in [0.4, 0.5) is 0 Å². The van der Waals surface area contributed by atoms with E-state index in [1.54, 1.807) is 7.05 Å². The number of hydrogen-bond donors (Lipinski definition) is 0. The Balaban J connectivity index is 3.80. The summed E-state index contributed by atoms with van der Waals surface area (Å²) in [5.41, 5.74) is 0. The van der Waals surface area contributed by atoms with E-state index in [0.29, 0.717) is 12.5 Å². The van der Waals surface area contributed by atoms with E-state index in [2.05, 4.69) is 13.8 Å². The molecule has 0 saturated carbocycles. The Morgan fingerprint density at radius 2 is 1.83 bits per heavy atom. The predicted molar refractivity (Wildman–Crippen MR) is 47.8 cm³/mol. The Hall–Kier alpha value is -0.860. The van der Waals surface area contributed by atoms with Crippen LogP contribution in [0.2, 0.25) is 0 Å². The first kappa shape index (κ1) is 11.1. The van der Waals surface area contributed by atoms with Gasteiger partial charge in [-0.05, 0) is 12.3 Å². The SMILES string of the molecule is CC(=O)C(=O)N(C)CCC(C)C. The highest BCUT2D eigenvalue weighted by Gasteiger charge is 2.12. The minimum Gasteiger partial charge on any atom is -0.339 e. The van der Waals surface area contributed by atoms with E-state index in [1.165, 1.54) is 11.8 Å². The summed E-state index contributed by atoms with van der Waals surface area (Å²) in [7, 11) is 1.66. The first-order chi connectivity index (χ1) is 5.45. The van der Waals surface area contributed by atoms with Crippen molar-refractivity contribution in [2.45, 2.75) is 27.2 Å². The maximum Gasteiger partial charge on any atom is 0.289 e. The topological polar surface area (TPSA) is 37.4 Å². The number of carbonyl (C=O) groups is 2. The first-order valence-corrected chi connectivity index (χ1v) is 4.21. The summed E-state index contributed by atoms with van der Waals surface area (Å²) < 4.78 is 0. The van der Waals surface area contributed by atoms with E-state index in [-0.39, 0.29) is 5.78 Å². The summed E-state index contributed by atoms with van der Waals surface area (Å²) in [6, 6.07) is 0. The van der Waals surface area contributed by atoms with Crippen molar-refractivity contribution < 1.29 is 9.59 Å². The van der Waals surface area contributed by atoms with E-state index < -0.39 is 5.91 Å². The number of Topliss-reactive ketones (excluding diaryl/α,β-unsaturated/α-hetero) is 1. The van der Waals surface area contributed by atoms with Crippen LogP contribution < -0.4 is 0 Å². The van der Waals surface area contributed by atoms with Crippen molar-refractivity contribution in [3.63, 3.8) is 0 Å². The highest BCUT2D eigenvalue weighted by atomic mass is 16.2. The fraction of sp³-hybridized carbons (Fsp3) is 0.778. The molecule has 0 aromatic rings. The van der Waals surface area contributed by atoms with Gasteiger partial charge in [-0.15, -0.1) is 0 Å². The number of nitrogens with zero attached hydrogens (tertiary/aromatic N) is 1. The largest absolute Gasteiger partial charge is 0.339 e. The van der Waals surface area contributed by atoms with Crippen LogP contribution in [0.1, 0.15) is 27.2 Å². The molecule has 0 fully saturated rings. The molecule has 0 aliphatic carbocycles. The standard InChI is InChI=1S/C9H17NO2/c1-7(2)5-6-10(4)9(12)8(3)11/h7H,5-6H2,1-4H3. The first-order valence-electron chi connectivity index (χ1n) is 4.21. The number of amides is 1. The second-order valence-electron chi connectivity index (χ2n) is 3.47. The maximum absolute atomic E-state index is 11.0. The van der Waals surface area contributed by atoms with Gasteiger partial charge in [0.2, 0.25) is 5.78 Å². The second-order valence-corrected chi connectivity index (χ2v) is 3.47. The average molecular weight is 171 g/mol. The Morgan fingerprint density at radius 3 is 2.17 bits per heavy atom. The van der Waals surface area contributed by atoms with Crippen LogP contribution in [-0.4, -0.2) is 30.2 Å². The highest BCUT2D eigenvalue weighted by molar-refractivity contribution is 6.34. The highest BCUT2D eigenvalue weighted by Crippen LogP contribution is 2.00. The lowest BCUT2D eigenvalue weighted by Gasteiger charge is -2.16. The molecule has 3 heteroatoms. The summed E-state index contributed by atoms with van der Waals surface area (Å²) in [4.78, 5) is 23.1. The zero-order chi connectivity index (χ0) is 9.72. The molecule has 0 aromatic carbocycles. The van der Waals surface area contributed by atoms with Gasteiger partial charge in [0.05, 0.1) is 0 Å². The van der Waals surface area contributed by atoms with Crippen molar-refractivity contribution in [2.24, 2.45) is 5.92 Å². The molecule has 0 aromatic heterocycles. The number of rotatable bonds is 4. The molecular weight excluding hydrogens is 154 g/mol. The van der Waals surface area contributed by atoms with Gasteiger partial charge in [0.1, 0.15) is 0 Å². The second kappa shape index (κ2) is 4.91. The smallest absolute Gasteiger partial charge is 0.289 e. The van der Waals surface area contributed by atoms with Gasteiger partial charge in [-0.3, -0.25) is 9.59 Å². The van der Waals surface area contributed by atoms with Crippen LogP contribution in [0, 0.1) is 5.92 Å². The van der Waals surface area contributed by atoms with Gasteiger partial charge in [-0.25, -0.2) is 0 Å². The summed E-state index contributed by atoms with van der Waals surface area (Å²) in [5.74, 6) is -0.218. The number of hydrogen-bond acceptors (Lipinski definition) is 2. The van der Waals surface area contributed by atoms with Crippen LogP contribution in [0.3, 0.4) is 0 Å². The van der Waals surface area contributed by atoms with Gasteiger partial charge in [0, 0.05) is 20.5 Å². The van der Waals surface area contributed by atoms with Crippen LogP contribution in [0.5, 0.6) is 0 Å². The molecule has 0 atom stereocenters. The third kappa shape index (κ3) is 4.11. The van der Waals surface area contributed by atoms with Gasteiger partial charge in [0.15, 0.2) is 0 Å². The summed E-state index contributed by atoms with van der Waals surface area (Å²) >= 11 is 0. The number of ketones is 1. The fourth-order valence-corrected chi connectivity index (χ4v) is 0.822. The molecule has 70 valence electrons. The van der Waals surface area contributed by atoms with Crippen molar-refractivity contribution >= 4 is 11.7 Å². The van der Waals surface area contributed by atoms with Gasteiger partial charge < -0.3 is 4.90 Å². The van der Waals surface area contributed by atoms with E-state index >= 15 is 0 Å². The van der Waals surface area contributed by atoms with E-state index in [1.807, 2.05) is 0 Å². The molecule has 0 unspecified atom stereocenters. The van der Waals surface area contributed by atoms with Crippen LogP contribution in [-0.2, 0) is 9.59 Å². The van der Waals surface area contributed by atoms with E-state index in [9.17, 15) is 9.59 Å². The Bertz CT molecular complexity index is 175. The van der Waals surface area contributed by atoms with Gasteiger partial charge in [-0.1, -0.05) is 13.8 Å². The fourth-order valence-electron chi connectivity index (χ4n) is 0.822. The number of carbonyl (C=O) groups excluding carboxylic acids is 2. The number of likely N-dealkylation sites (N-methyl/N-ethyl adjacent to an activating group) is 1. The van der Waals surface area contributed by atoms with Crippen LogP contribution in [0.15, 0.2) is 0 Å². The minimum atomic E-state index is -0.393. The molecule has 0 N–H and O–H groups in total. The minimum absolute atomic E-state index is 0.388. The quantitative estimate of drug-likeness (QED) is 0.593. The molecule has 0 saturated heterocycles. The van der Waals surface area contributed by atoms with Crippen molar-refractivity contribution in [1.82, 2.24) is 4.90 Å². The normalized spacial score (nSPS) is 10.1. The molecular formula is C9H17NO2. The van der Waals surface area contributed by atoms with E-state index in [0.717, 1.165) is 6.42 Å². The lowest BCUT2D eigenvalue weighted by atomic mass is 10.1. The van der Waals surface area contributed by atoms with Gasteiger partial charge in [0.25, 0.3) is 5.91 Å². The van der Waals surface area contributed by atoms with Crippen LogP contribution >= 0.6 is 0 Å². The Kier molecular flexibility index (Phi) is 4.55. The maximum atomic E-state index is 11.0. The zero-order valence-corrected chi connectivity index (χ0v) is 8.26. The van der Waals surface area contributed by atoms with E-state index in [4.69, 9.17) is 0 Å². The molecule has 0 aliphatic rings. The van der Waals surface area contributed by atoms with Gasteiger partial charge in [-0.2, -0.15) is 0 Å².